The fraction of sp³-hybridized carbons (Fsp3) is 0.167. The van der Waals surface area contributed by atoms with Gasteiger partial charge in [0.15, 0.2) is 6.61 Å². The molecule has 2 N–H and O–H groups in total. The number of ether oxygens (including phenoxy) is 2. The monoisotopic (exact) mass is 404 g/mol. The van der Waals surface area contributed by atoms with Gasteiger partial charge in [0.1, 0.15) is 11.5 Å². The van der Waals surface area contributed by atoms with Crippen molar-refractivity contribution in [3.8, 4) is 11.5 Å². The minimum atomic E-state index is -0.277. The summed E-state index contributed by atoms with van der Waals surface area (Å²) < 4.78 is 10.7. The molecule has 0 fully saturated rings. The summed E-state index contributed by atoms with van der Waals surface area (Å²) in [5.41, 5.74) is 2.85. The number of nitrogens with one attached hydrogen (secondary N) is 2. The molecule has 3 aromatic carbocycles. The number of aryl methyl sites for hydroxylation is 1. The molecule has 0 saturated carbocycles. The number of carbonyl (C=O) groups excluding carboxylic acids is 2. The number of hydrogen-bond acceptors (Lipinski definition) is 4. The highest BCUT2D eigenvalue weighted by Crippen LogP contribution is 2.24. The van der Waals surface area contributed by atoms with Gasteiger partial charge < -0.3 is 20.1 Å². The molecule has 6 heteroatoms. The number of anilines is 2. The van der Waals surface area contributed by atoms with E-state index in [9.17, 15) is 9.59 Å². The first-order chi connectivity index (χ1) is 14.6. The van der Waals surface area contributed by atoms with Crippen molar-refractivity contribution in [3.63, 3.8) is 0 Å². The van der Waals surface area contributed by atoms with Crippen LogP contribution in [0.1, 0.15) is 22.8 Å². The summed E-state index contributed by atoms with van der Waals surface area (Å²) >= 11 is 0. The highest BCUT2D eigenvalue weighted by molar-refractivity contribution is 6.05. The van der Waals surface area contributed by atoms with Crippen LogP contribution in [0.25, 0.3) is 0 Å². The molecule has 0 aliphatic carbocycles. The van der Waals surface area contributed by atoms with E-state index in [1.165, 1.54) is 5.56 Å². The number of para-hydroxylation sites is 2. The van der Waals surface area contributed by atoms with E-state index in [-0.39, 0.29) is 18.4 Å². The van der Waals surface area contributed by atoms with Crippen molar-refractivity contribution in [1.82, 2.24) is 0 Å². The van der Waals surface area contributed by atoms with Gasteiger partial charge >= 0.3 is 0 Å². The number of benzene rings is 3. The Kier molecular flexibility index (Phi) is 7.05. The summed E-state index contributed by atoms with van der Waals surface area (Å²) in [5, 5.41) is 5.57. The van der Waals surface area contributed by atoms with E-state index in [2.05, 4.69) is 17.6 Å². The van der Waals surface area contributed by atoms with Gasteiger partial charge in [0.2, 0.25) is 0 Å². The van der Waals surface area contributed by atoms with Gasteiger partial charge in [-0.1, -0.05) is 31.2 Å². The Hall–Kier alpha value is -3.80. The molecule has 0 spiro atoms. The average Bonchev–Trinajstić information content (AvgIpc) is 2.79. The maximum Gasteiger partial charge on any atom is 0.262 e. The molecule has 154 valence electrons. The lowest BCUT2D eigenvalue weighted by atomic mass is 10.2. The summed E-state index contributed by atoms with van der Waals surface area (Å²) in [4.78, 5) is 24.6. The smallest absolute Gasteiger partial charge is 0.262 e. The Labute approximate surface area is 175 Å². The van der Waals surface area contributed by atoms with Crippen molar-refractivity contribution in [3.05, 3.63) is 83.9 Å². The topological polar surface area (TPSA) is 76.7 Å². The fourth-order valence-corrected chi connectivity index (χ4v) is 2.81. The Morgan fingerprint density at radius 2 is 1.57 bits per heavy atom. The Morgan fingerprint density at radius 1 is 0.867 bits per heavy atom. The maximum atomic E-state index is 12.4. The van der Waals surface area contributed by atoms with Gasteiger partial charge in [0.25, 0.3) is 11.8 Å². The molecule has 0 bridgehead atoms. The van der Waals surface area contributed by atoms with Crippen LogP contribution < -0.4 is 20.1 Å². The number of hydrogen-bond donors (Lipinski definition) is 2. The summed E-state index contributed by atoms with van der Waals surface area (Å²) in [6, 6.07) is 21.5. The SMILES string of the molecule is CCc1ccc(OCC(=O)Nc2ccc(C(=O)Nc3ccccc3OC)cc2)cc1. The van der Waals surface area contributed by atoms with E-state index in [0.29, 0.717) is 28.4 Å². The van der Waals surface area contributed by atoms with E-state index in [1.54, 1.807) is 43.5 Å². The van der Waals surface area contributed by atoms with E-state index < -0.39 is 0 Å². The second-order valence-corrected chi connectivity index (χ2v) is 6.57. The van der Waals surface area contributed by atoms with Crippen molar-refractivity contribution in [2.24, 2.45) is 0 Å². The van der Waals surface area contributed by atoms with Crippen molar-refractivity contribution < 1.29 is 19.1 Å². The number of methoxy groups -OCH3 is 1. The average molecular weight is 404 g/mol. The Balaban J connectivity index is 1.53. The molecule has 0 aromatic heterocycles. The second-order valence-electron chi connectivity index (χ2n) is 6.57. The van der Waals surface area contributed by atoms with Crippen LogP contribution in [-0.2, 0) is 11.2 Å². The van der Waals surface area contributed by atoms with Crippen LogP contribution in [-0.4, -0.2) is 25.5 Å². The lowest BCUT2D eigenvalue weighted by Crippen LogP contribution is -2.20. The third kappa shape index (κ3) is 5.61. The van der Waals surface area contributed by atoms with Crippen molar-refractivity contribution in [2.45, 2.75) is 13.3 Å². The summed E-state index contributed by atoms with van der Waals surface area (Å²) in [6.07, 6.45) is 0.952. The first kappa shape index (κ1) is 20.9. The van der Waals surface area contributed by atoms with E-state index in [1.807, 2.05) is 36.4 Å². The molecule has 0 aliphatic heterocycles. The molecular formula is C24H24N2O4. The summed E-state index contributed by atoms with van der Waals surface area (Å²) in [5.74, 6) is 0.682. The summed E-state index contributed by atoms with van der Waals surface area (Å²) in [6.45, 7) is 1.98. The van der Waals surface area contributed by atoms with Crippen LogP contribution in [0, 0.1) is 0 Å². The largest absolute Gasteiger partial charge is 0.495 e. The molecule has 0 aliphatic rings. The van der Waals surface area contributed by atoms with Crippen molar-refractivity contribution in [2.75, 3.05) is 24.4 Å². The lowest BCUT2D eigenvalue weighted by Gasteiger charge is -2.11. The van der Waals surface area contributed by atoms with E-state index in [0.717, 1.165) is 6.42 Å². The third-order valence-electron chi connectivity index (χ3n) is 4.49. The van der Waals surface area contributed by atoms with Crippen molar-refractivity contribution >= 4 is 23.2 Å². The highest BCUT2D eigenvalue weighted by atomic mass is 16.5. The minimum absolute atomic E-state index is 0.0957. The molecule has 0 saturated heterocycles. The summed E-state index contributed by atoms with van der Waals surface area (Å²) in [7, 11) is 1.55. The zero-order valence-corrected chi connectivity index (χ0v) is 17.0. The van der Waals surface area contributed by atoms with Crippen LogP contribution in [0.4, 0.5) is 11.4 Å². The first-order valence-electron chi connectivity index (χ1n) is 9.65. The van der Waals surface area contributed by atoms with Gasteiger partial charge in [-0.15, -0.1) is 0 Å². The normalized spacial score (nSPS) is 10.2. The lowest BCUT2D eigenvalue weighted by molar-refractivity contribution is -0.118. The van der Waals surface area contributed by atoms with Crippen LogP contribution in [0.15, 0.2) is 72.8 Å². The van der Waals surface area contributed by atoms with E-state index >= 15 is 0 Å². The number of carbonyl (C=O) groups is 2. The van der Waals surface area contributed by atoms with Gasteiger partial charge in [-0.3, -0.25) is 9.59 Å². The van der Waals surface area contributed by atoms with Crippen molar-refractivity contribution in [1.29, 1.82) is 0 Å². The quantitative estimate of drug-likeness (QED) is 0.578. The zero-order valence-electron chi connectivity index (χ0n) is 17.0. The molecule has 0 unspecified atom stereocenters. The number of amides is 2. The molecule has 6 nitrogen and oxygen atoms in total. The third-order valence-corrected chi connectivity index (χ3v) is 4.49. The molecule has 0 atom stereocenters. The predicted molar refractivity (Wildman–Crippen MR) is 117 cm³/mol. The molecule has 3 aromatic rings. The molecule has 0 radical (unpaired) electrons. The van der Waals surface area contributed by atoms with Crippen LogP contribution in [0.5, 0.6) is 11.5 Å². The van der Waals surface area contributed by atoms with Crippen LogP contribution in [0.2, 0.25) is 0 Å². The molecule has 0 heterocycles. The molecule has 3 rings (SSSR count). The fourth-order valence-electron chi connectivity index (χ4n) is 2.81. The van der Waals surface area contributed by atoms with Crippen LogP contribution >= 0.6 is 0 Å². The Bertz CT molecular complexity index is 998. The maximum absolute atomic E-state index is 12.4. The predicted octanol–water partition coefficient (Wildman–Crippen LogP) is 4.53. The molecular weight excluding hydrogens is 380 g/mol. The molecule has 30 heavy (non-hydrogen) atoms. The van der Waals surface area contributed by atoms with Gasteiger partial charge in [-0.25, -0.2) is 0 Å². The van der Waals surface area contributed by atoms with Gasteiger partial charge in [0.05, 0.1) is 12.8 Å². The second kappa shape index (κ2) is 10.1. The van der Waals surface area contributed by atoms with Gasteiger partial charge in [0, 0.05) is 11.3 Å². The van der Waals surface area contributed by atoms with Crippen LogP contribution in [0.3, 0.4) is 0 Å². The number of rotatable bonds is 8. The Morgan fingerprint density at radius 3 is 2.23 bits per heavy atom. The standard InChI is InChI=1S/C24H24N2O4/c1-3-17-8-14-20(15-9-17)30-16-23(27)25-19-12-10-18(11-13-19)24(28)26-21-6-4-5-7-22(21)29-2/h4-15H,3,16H2,1-2H3,(H,25,27)(H,26,28). The first-order valence-corrected chi connectivity index (χ1v) is 9.65. The highest BCUT2D eigenvalue weighted by Gasteiger charge is 2.10. The van der Waals surface area contributed by atoms with E-state index in [4.69, 9.17) is 9.47 Å². The minimum Gasteiger partial charge on any atom is -0.495 e. The van der Waals surface area contributed by atoms with Gasteiger partial charge in [-0.05, 0) is 60.5 Å². The zero-order chi connectivity index (χ0) is 21.3. The van der Waals surface area contributed by atoms with Gasteiger partial charge in [-0.2, -0.15) is 0 Å². The molecule has 2 amide bonds.